The van der Waals surface area contributed by atoms with E-state index in [2.05, 4.69) is 24.4 Å². The maximum absolute atomic E-state index is 9.09. The summed E-state index contributed by atoms with van der Waals surface area (Å²) in [5.74, 6) is 0. The minimum absolute atomic E-state index is 0.286. The normalized spacial score (nSPS) is 15.3. The summed E-state index contributed by atoms with van der Waals surface area (Å²) < 4.78 is 0. The van der Waals surface area contributed by atoms with Crippen molar-refractivity contribution in [3.8, 4) is 0 Å². The molecule has 0 aromatic heterocycles. The van der Waals surface area contributed by atoms with Crippen molar-refractivity contribution in [2.45, 2.75) is 26.0 Å². The van der Waals surface area contributed by atoms with Crippen LogP contribution in [0.5, 0.6) is 0 Å². The lowest BCUT2D eigenvalue weighted by molar-refractivity contribution is 0.187. The van der Waals surface area contributed by atoms with Gasteiger partial charge in [-0.3, -0.25) is 0 Å². The molecule has 0 fully saturated rings. The fourth-order valence-corrected chi connectivity index (χ4v) is 1.21. The van der Waals surface area contributed by atoms with Gasteiger partial charge >= 0.3 is 0 Å². The summed E-state index contributed by atoms with van der Waals surface area (Å²) >= 11 is 0. The summed E-state index contributed by atoms with van der Waals surface area (Å²) in [5.41, 5.74) is 1.25. The van der Waals surface area contributed by atoms with Crippen molar-refractivity contribution in [1.82, 2.24) is 5.32 Å². The predicted octanol–water partition coefficient (Wildman–Crippen LogP) is 1.72. The van der Waals surface area contributed by atoms with Gasteiger partial charge in [-0.2, -0.15) is 0 Å². The lowest BCUT2D eigenvalue weighted by Gasteiger charge is -2.15. The van der Waals surface area contributed by atoms with E-state index in [-0.39, 0.29) is 6.10 Å². The lowest BCUT2D eigenvalue weighted by atomic mass is 10.1. The molecule has 0 saturated heterocycles. The number of nitrogens with one attached hydrogen (secondary N) is 1. The Morgan fingerprint density at radius 2 is 1.85 bits per heavy atom. The van der Waals surface area contributed by atoms with Crippen molar-refractivity contribution >= 4 is 0 Å². The molecule has 0 bridgehead atoms. The van der Waals surface area contributed by atoms with Gasteiger partial charge in [0.1, 0.15) is 0 Å². The summed E-state index contributed by atoms with van der Waals surface area (Å²) in [4.78, 5) is 0. The Labute approximate surface area is 79.6 Å². The molecule has 0 aliphatic rings. The average Bonchev–Trinajstić information content (AvgIpc) is 2.15. The Morgan fingerprint density at radius 1 is 1.23 bits per heavy atom. The van der Waals surface area contributed by atoms with E-state index in [4.69, 9.17) is 5.11 Å². The molecular weight excluding hydrogens is 162 g/mol. The Morgan fingerprint density at radius 3 is 2.38 bits per heavy atom. The highest BCUT2D eigenvalue weighted by Crippen LogP contribution is 2.10. The van der Waals surface area contributed by atoms with Crippen LogP contribution in [0.3, 0.4) is 0 Å². The van der Waals surface area contributed by atoms with Gasteiger partial charge < -0.3 is 10.4 Å². The molecule has 0 aliphatic carbocycles. The van der Waals surface area contributed by atoms with Crippen LogP contribution in [0.1, 0.15) is 25.5 Å². The second-order valence-electron chi connectivity index (χ2n) is 3.39. The van der Waals surface area contributed by atoms with Gasteiger partial charge in [-0.25, -0.2) is 0 Å². The van der Waals surface area contributed by atoms with E-state index in [1.807, 2.05) is 18.2 Å². The first-order chi connectivity index (χ1) is 6.20. The lowest BCUT2D eigenvalue weighted by Crippen LogP contribution is -2.27. The molecule has 0 saturated carbocycles. The zero-order valence-corrected chi connectivity index (χ0v) is 8.20. The molecule has 1 rings (SSSR count). The molecule has 0 radical (unpaired) electrons. The van der Waals surface area contributed by atoms with Crippen molar-refractivity contribution in [2.24, 2.45) is 0 Å². The molecule has 2 heteroatoms. The summed E-state index contributed by atoms with van der Waals surface area (Å²) in [6.45, 7) is 4.51. The molecule has 1 aromatic carbocycles. The summed E-state index contributed by atoms with van der Waals surface area (Å²) in [5, 5.41) is 12.3. The van der Waals surface area contributed by atoms with Crippen LogP contribution in [-0.4, -0.2) is 17.8 Å². The minimum atomic E-state index is -0.286. The quantitative estimate of drug-likeness (QED) is 0.737. The van der Waals surface area contributed by atoms with Gasteiger partial charge in [0.15, 0.2) is 0 Å². The number of benzene rings is 1. The zero-order valence-electron chi connectivity index (χ0n) is 8.20. The van der Waals surface area contributed by atoms with E-state index < -0.39 is 0 Å². The number of hydrogen-bond donors (Lipinski definition) is 2. The van der Waals surface area contributed by atoms with Crippen LogP contribution in [0.4, 0.5) is 0 Å². The number of aliphatic hydroxyl groups excluding tert-OH is 1. The van der Waals surface area contributed by atoms with Crippen molar-refractivity contribution in [2.75, 3.05) is 6.54 Å². The molecule has 0 unspecified atom stereocenters. The van der Waals surface area contributed by atoms with Crippen LogP contribution in [-0.2, 0) is 0 Å². The molecule has 2 N–H and O–H groups in total. The van der Waals surface area contributed by atoms with Gasteiger partial charge in [-0.15, -0.1) is 0 Å². The topological polar surface area (TPSA) is 32.3 Å². The molecule has 2 atom stereocenters. The number of rotatable bonds is 4. The van der Waals surface area contributed by atoms with Crippen LogP contribution in [0, 0.1) is 0 Å². The average molecular weight is 179 g/mol. The van der Waals surface area contributed by atoms with Crippen molar-refractivity contribution in [1.29, 1.82) is 0 Å². The molecular formula is C11H17NO. The Kier molecular flexibility index (Phi) is 3.93. The molecule has 0 amide bonds. The van der Waals surface area contributed by atoms with Crippen molar-refractivity contribution < 1.29 is 5.11 Å². The summed E-state index contributed by atoms with van der Waals surface area (Å²) in [6, 6.07) is 10.5. The molecule has 13 heavy (non-hydrogen) atoms. The van der Waals surface area contributed by atoms with Gasteiger partial charge in [0.2, 0.25) is 0 Å². The van der Waals surface area contributed by atoms with Gasteiger partial charge in [-0.05, 0) is 19.4 Å². The molecule has 72 valence electrons. The van der Waals surface area contributed by atoms with E-state index in [0.717, 1.165) is 0 Å². The molecule has 0 spiro atoms. The van der Waals surface area contributed by atoms with E-state index >= 15 is 0 Å². The second-order valence-corrected chi connectivity index (χ2v) is 3.39. The maximum Gasteiger partial charge on any atom is 0.0636 e. The Balaban J connectivity index is 2.44. The van der Waals surface area contributed by atoms with Gasteiger partial charge in [0, 0.05) is 12.6 Å². The summed E-state index contributed by atoms with van der Waals surface area (Å²) in [6.07, 6.45) is -0.286. The van der Waals surface area contributed by atoms with Crippen LogP contribution < -0.4 is 5.32 Å². The Bertz CT molecular complexity index is 233. The molecule has 0 heterocycles. The zero-order chi connectivity index (χ0) is 9.68. The standard InChI is InChI=1S/C11H17NO/c1-9(13)8-12-10(2)11-6-4-3-5-7-11/h3-7,9-10,12-13H,8H2,1-2H3/t9-,10+/m1/s1. The van der Waals surface area contributed by atoms with Crippen molar-refractivity contribution in [3.05, 3.63) is 35.9 Å². The largest absolute Gasteiger partial charge is 0.392 e. The SMILES string of the molecule is C[C@H](NC[C@@H](C)O)c1ccccc1. The van der Waals surface area contributed by atoms with Crippen LogP contribution in [0.15, 0.2) is 30.3 Å². The minimum Gasteiger partial charge on any atom is -0.392 e. The van der Waals surface area contributed by atoms with E-state index in [1.54, 1.807) is 6.92 Å². The highest BCUT2D eigenvalue weighted by atomic mass is 16.3. The first kappa shape index (κ1) is 10.2. The first-order valence-corrected chi connectivity index (χ1v) is 4.66. The fraction of sp³-hybridized carbons (Fsp3) is 0.455. The number of aliphatic hydroxyl groups is 1. The molecule has 2 nitrogen and oxygen atoms in total. The third-order valence-electron chi connectivity index (χ3n) is 2.02. The first-order valence-electron chi connectivity index (χ1n) is 4.66. The third-order valence-corrected chi connectivity index (χ3v) is 2.02. The van der Waals surface area contributed by atoms with Crippen LogP contribution in [0.2, 0.25) is 0 Å². The second kappa shape index (κ2) is 5.00. The van der Waals surface area contributed by atoms with E-state index in [9.17, 15) is 0 Å². The molecule has 0 aliphatic heterocycles. The van der Waals surface area contributed by atoms with E-state index in [0.29, 0.717) is 12.6 Å². The smallest absolute Gasteiger partial charge is 0.0636 e. The van der Waals surface area contributed by atoms with Gasteiger partial charge in [0.25, 0.3) is 0 Å². The monoisotopic (exact) mass is 179 g/mol. The Hall–Kier alpha value is -0.860. The third kappa shape index (κ3) is 3.57. The maximum atomic E-state index is 9.09. The van der Waals surface area contributed by atoms with Crippen LogP contribution in [0.25, 0.3) is 0 Å². The van der Waals surface area contributed by atoms with Crippen LogP contribution >= 0.6 is 0 Å². The fourth-order valence-electron chi connectivity index (χ4n) is 1.21. The van der Waals surface area contributed by atoms with Crippen molar-refractivity contribution in [3.63, 3.8) is 0 Å². The number of hydrogen-bond acceptors (Lipinski definition) is 2. The molecule has 1 aromatic rings. The van der Waals surface area contributed by atoms with E-state index in [1.165, 1.54) is 5.56 Å². The van der Waals surface area contributed by atoms with Gasteiger partial charge in [0.05, 0.1) is 6.10 Å². The highest BCUT2D eigenvalue weighted by Gasteiger charge is 2.04. The highest BCUT2D eigenvalue weighted by molar-refractivity contribution is 5.17. The predicted molar refractivity (Wildman–Crippen MR) is 54.5 cm³/mol. The summed E-state index contributed by atoms with van der Waals surface area (Å²) in [7, 11) is 0. The van der Waals surface area contributed by atoms with Gasteiger partial charge in [-0.1, -0.05) is 30.3 Å².